The van der Waals surface area contributed by atoms with Gasteiger partial charge < -0.3 is 5.11 Å². The summed E-state index contributed by atoms with van der Waals surface area (Å²) >= 11 is 0. The van der Waals surface area contributed by atoms with Gasteiger partial charge in [0.1, 0.15) is 0 Å². The van der Waals surface area contributed by atoms with Crippen LogP contribution in [0.2, 0.25) is 0 Å². The Bertz CT molecular complexity index is 535. The van der Waals surface area contributed by atoms with Crippen molar-refractivity contribution in [2.75, 3.05) is 13.2 Å². The van der Waals surface area contributed by atoms with E-state index in [2.05, 4.69) is 19.3 Å². The minimum absolute atomic E-state index is 0.291. The van der Waals surface area contributed by atoms with E-state index in [1.54, 1.807) is 12.4 Å². The van der Waals surface area contributed by atoms with Gasteiger partial charge in [0.15, 0.2) is 5.65 Å². The monoisotopic (exact) mass is 260 g/mol. The molecule has 19 heavy (non-hydrogen) atoms. The third-order valence-corrected chi connectivity index (χ3v) is 3.68. The van der Waals surface area contributed by atoms with E-state index in [9.17, 15) is 0 Å². The van der Waals surface area contributed by atoms with Crippen LogP contribution in [0.3, 0.4) is 0 Å². The summed E-state index contributed by atoms with van der Waals surface area (Å²) in [6.45, 7) is 2.28. The van der Waals surface area contributed by atoms with E-state index >= 15 is 0 Å². The van der Waals surface area contributed by atoms with Gasteiger partial charge in [0.2, 0.25) is 0 Å². The lowest BCUT2D eigenvalue weighted by Crippen LogP contribution is -2.27. The molecule has 0 amide bonds. The zero-order valence-electron chi connectivity index (χ0n) is 11.1. The largest absolute Gasteiger partial charge is 0.396 e. The van der Waals surface area contributed by atoms with Crippen molar-refractivity contribution >= 4 is 5.65 Å². The Hall–Kier alpha value is -1.46. The van der Waals surface area contributed by atoms with Crippen molar-refractivity contribution in [2.45, 2.75) is 38.3 Å². The lowest BCUT2D eigenvalue weighted by Gasteiger charge is -2.21. The zero-order valence-corrected chi connectivity index (χ0v) is 11.1. The Morgan fingerprint density at radius 3 is 3.00 bits per heavy atom. The second-order valence-electron chi connectivity index (χ2n) is 5.19. The molecule has 1 fully saturated rings. The lowest BCUT2D eigenvalue weighted by molar-refractivity contribution is 0.226. The minimum atomic E-state index is 0.291. The molecule has 5 nitrogen and oxygen atoms in total. The molecular weight excluding hydrogens is 240 g/mol. The molecule has 2 aromatic rings. The van der Waals surface area contributed by atoms with Crippen LogP contribution in [0, 0.1) is 0 Å². The molecule has 1 saturated carbocycles. The van der Waals surface area contributed by atoms with Gasteiger partial charge in [-0.15, -0.1) is 0 Å². The molecule has 5 heteroatoms. The number of rotatable bonds is 7. The fraction of sp³-hybridized carbons (Fsp3) is 0.571. The van der Waals surface area contributed by atoms with Gasteiger partial charge in [-0.05, 0) is 32.2 Å². The number of unbranched alkanes of at least 4 members (excludes halogenated alkanes) is 1. The summed E-state index contributed by atoms with van der Waals surface area (Å²) < 4.78 is 2.11. The topological polar surface area (TPSA) is 53.7 Å². The first-order chi connectivity index (χ1) is 9.38. The molecule has 3 rings (SSSR count). The Kier molecular flexibility index (Phi) is 3.75. The van der Waals surface area contributed by atoms with Crippen molar-refractivity contribution in [3.05, 3.63) is 30.5 Å². The van der Waals surface area contributed by atoms with Crippen LogP contribution in [0.1, 0.15) is 31.4 Å². The van der Waals surface area contributed by atoms with Crippen LogP contribution in [0.15, 0.2) is 24.8 Å². The van der Waals surface area contributed by atoms with Crippen LogP contribution in [0.4, 0.5) is 0 Å². The first kappa shape index (κ1) is 12.6. The second kappa shape index (κ2) is 5.67. The number of hydrogen-bond acceptors (Lipinski definition) is 4. The van der Waals surface area contributed by atoms with Gasteiger partial charge in [0.05, 0.1) is 18.1 Å². The highest BCUT2D eigenvalue weighted by Crippen LogP contribution is 2.28. The highest BCUT2D eigenvalue weighted by atomic mass is 16.2. The van der Waals surface area contributed by atoms with Crippen molar-refractivity contribution in [3.8, 4) is 0 Å². The van der Waals surface area contributed by atoms with Crippen LogP contribution in [0.5, 0.6) is 0 Å². The third kappa shape index (κ3) is 2.93. The molecule has 2 aromatic heterocycles. The van der Waals surface area contributed by atoms with Gasteiger partial charge in [-0.2, -0.15) is 0 Å². The Morgan fingerprint density at radius 2 is 2.21 bits per heavy atom. The molecular formula is C14H20N4O. The molecule has 1 aliphatic carbocycles. The molecule has 102 valence electrons. The number of imidazole rings is 1. The molecule has 0 spiro atoms. The average molecular weight is 260 g/mol. The normalized spacial score (nSPS) is 15.5. The summed E-state index contributed by atoms with van der Waals surface area (Å²) in [5, 5.41) is 8.89. The molecule has 2 heterocycles. The third-order valence-electron chi connectivity index (χ3n) is 3.68. The van der Waals surface area contributed by atoms with E-state index in [1.807, 2.05) is 12.4 Å². The van der Waals surface area contributed by atoms with Crippen molar-refractivity contribution in [2.24, 2.45) is 0 Å². The number of hydrogen-bond donors (Lipinski definition) is 1. The highest BCUT2D eigenvalue weighted by molar-refractivity contribution is 5.36. The van der Waals surface area contributed by atoms with Crippen LogP contribution >= 0.6 is 0 Å². The quantitative estimate of drug-likeness (QED) is 0.766. The van der Waals surface area contributed by atoms with Crippen LogP contribution in [-0.4, -0.2) is 43.6 Å². The highest BCUT2D eigenvalue weighted by Gasteiger charge is 2.29. The van der Waals surface area contributed by atoms with Crippen LogP contribution in [0.25, 0.3) is 5.65 Å². The molecule has 0 saturated heterocycles. The van der Waals surface area contributed by atoms with Crippen LogP contribution < -0.4 is 0 Å². The fourth-order valence-electron chi connectivity index (χ4n) is 2.48. The SMILES string of the molecule is OCCCCN(Cc1cnc2cnccn12)C1CC1. The Labute approximate surface area is 112 Å². The van der Waals surface area contributed by atoms with Gasteiger partial charge in [-0.1, -0.05) is 0 Å². The molecule has 1 aliphatic rings. The second-order valence-corrected chi connectivity index (χ2v) is 5.19. The van der Waals surface area contributed by atoms with Gasteiger partial charge in [0, 0.05) is 31.6 Å². The molecule has 0 aliphatic heterocycles. The van der Waals surface area contributed by atoms with E-state index in [0.717, 1.165) is 37.6 Å². The predicted octanol–water partition coefficient (Wildman–Crippen LogP) is 1.47. The minimum Gasteiger partial charge on any atom is -0.396 e. The molecule has 0 atom stereocenters. The first-order valence-corrected chi connectivity index (χ1v) is 6.99. The summed E-state index contributed by atoms with van der Waals surface area (Å²) in [4.78, 5) is 11.0. The molecule has 0 unspecified atom stereocenters. The summed E-state index contributed by atoms with van der Waals surface area (Å²) in [6, 6.07) is 0.728. The molecule has 0 radical (unpaired) electrons. The predicted molar refractivity (Wildman–Crippen MR) is 72.7 cm³/mol. The zero-order chi connectivity index (χ0) is 13.1. The average Bonchev–Trinajstić information content (AvgIpc) is 3.21. The van der Waals surface area contributed by atoms with Gasteiger partial charge in [-0.25, -0.2) is 4.98 Å². The maximum Gasteiger partial charge on any atom is 0.155 e. The van der Waals surface area contributed by atoms with Crippen molar-refractivity contribution in [1.29, 1.82) is 0 Å². The summed E-state index contributed by atoms with van der Waals surface area (Å²) in [7, 11) is 0. The van der Waals surface area contributed by atoms with Gasteiger partial charge in [0.25, 0.3) is 0 Å². The van der Waals surface area contributed by atoms with Crippen molar-refractivity contribution in [1.82, 2.24) is 19.3 Å². The van der Waals surface area contributed by atoms with Crippen molar-refractivity contribution < 1.29 is 5.11 Å². The Balaban J connectivity index is 1.70. The van der Waals surface area contributed by atoms with E-state index in [1.165, 1.54) is 18.5 Å². The van der Waals surface area contributed by atoms with E-state index in [0.29, 0.717) is 6.61 Å². The first-order valence-electron chi connectivity index (χ1n) is 6.99. The maximum atomic E-state index is 8.89. The van der Waals surface area contributed by atoms with E-state index in [-0.39, 0.29) is 0 Å². The maximum absolute atomic E-state index is 8.89. The lowest BCUT2D eigenvalue weighted by atomic mass is 10.3. The number of fused-ring (bicyclic) bond motifs is 1. The van der Waals surface area contributed by atoms with E-state index < -0.39 is 0 Å². The molecule has 1 N–H and O–H groups in total. The number of nitrogens with zero attached hydrogens (tertiary/aromatic N) is 4. The molecule has 0 bridgehead atoms. The standard InChI is InChI=1S/C14H20N4O/c19-8-2-1-6-17(12-3-4-12)11-13-9-16-14-10-15-5-7-18(13)14/h5,7,9-10,12,19H,1-4,6,8,11H2. The number of aliphatic hydroxyl groups excluding tert-OH is 1. The smallest absolute Gasteiger partial charge is 0.155 e. The summed E-state index contributed by atoms with van der Waals surface area (Å²) in [5.74, 6) is 0. The van der Waals surface area contributed by atoms with E-state index in [4.69, 9.17) is 5.11 Å². The summed E-state index contributed by atoms with van der Waals surface area (Å²) in [6.07, 6.45) is 12.1. The molecule has 0 aromatic carbocycles. The van der Waals surface area contributed by atoms with Crippen LogP contribution in [-0.2, 0) is 6.54 Å². The number of aliphatic hydroxyl groups is 1. The fourth-order valence-corrected chi connectivity index (χ4v) is 2.48. The van der Waals surface area contributed by atoms with Crippen molar-refractivity contribution in [3.63, 3.8) is 0 Å². The van der Waals surface area contributed by atoms with Gasteiger partial charge in [-0.3, -0.25) is 14.3 Å². The van der Waals surface area contributed by atoms with Gasteiger partial charge >= 0.3 is 0 Å². The number of aromatic nitrogens is 3. The Morgan fingerprint density at radius 1 is 1.32 bits per heavy atom. The summed E-state index contributed by atoms with van der Waals surface area (Å²) in [5.41, 5.74) is 2.12.